The fourth-order valence-corrected chi connectivity index (χ4v) is 12.5. The number of aryl methyl sites for hydroxylation is 2. The van der Waals surface area contributed by atoms with Crippen molar-refractivity contribution in [2.24, 2.45) is 12.2 Å². The molecule has 0 saturated carbocycles. The second-order valence-corrected chi connectivity index (χ2v) is 28.0. The number of ketones is 1. The number of halogens is 6. The topological polar surface area (TPSA) is 428 Å². The van der Waals surface area contributed by atoms with Crippen LogP contribution in [0.3, 0.4) is 0 Å². The molecule has 5 aromatic carbocycles. The number of ether oxygens (including phenoxy) is 5. The van der Waals surface area contributed by atoms with Crippen LogP contribution in [-0.2, 0) is 84.4 Å². The number of esters is 2. The maximum absolute atomic E-state index is 13.7. The van der Waals surface area contributed by atoms with Gasteiger partial charge in [-0.05, 0) is 61.9 Å². The first-order chi connectivity index (χ1) is 48.3. The summed E-state index contributed by atoms with van der Waals surface area (Å²) in [7, 11) is -10.7. The lowest BCUT2D eigenvalue weighted by molar-refractivity contribution is -0.138. The minimum Gasteiger partial charge on any atom is -0.493 e. The molecule has 32 nitrogen and oxygen atoms in total. The number of para-hydroxylation sites is 1. The lowest BCUT2D eigenvalue weighted by Gasteiger charge is -2.27. The van der Waals surface area contributed by atoms with E-state index in [4.69, 9.17) is 23.8 Å². The molecule has 103 heavy (non-hydrogen) atoms. The molecule has 0 fully saturated rings. The molecular formula is C61H59F6N13O19S4. The summed E-state index contributed by atoms with van der Waals surface area (Å²) in [5.74, 6) is -6.29. The first kappa shape index (κ1) is 79.0. The number of fused-ring (bicyclic) bond motifs is 1. The number of methoxy groups -OCH3 is 4. The molecule has 0 saturated heterocycles. The van der Waals surface area contributed by atoms with Gasteiger partial charge in [-0.25, -0.2) is 71.9 Å². The zero-order valence-electron chi connectivity index (χ0n) is 55.0. The molecule has 2 amide bonds. The van der Waals surface area contributed by atoms with Crippen LogP contribution in [0.4, 0.5) is 42.8 Å². The number of sulfone groups is 1. The number of oxime groups is 1. The molecule has 0 aliphatic carbocycles. The summed E-state index contributed by atoms with van der Waals surface area (Å²) in [5, 5.41) is 22.5. The highest BCUT2D eigenvalue weighted by Crippen LogP contribution is 2.42. The van der Waals surface area contributed by atoms with Crippen molar-refractivity contribution in [2.45, 2.75) is 53.5 Å². The highest BCUT2D eigenvalue weighted by Gasteiger charge is 2.45. The van der Waals surface area contributed by atoms with Crippen LogP contribution in [0.1, 0.15) is 67.6 Å². The molecule has 1 aliphatic rings. The van der Waals surface area contributed by atoms with Crippen LogP contribution in [0.25, 0.3) is 5.65 Å². The van der Waals surface area contributed by atoms with Crippen molar-refractivity contribution in [1.82, 2.24) is 48.8 Å². The number of anilines is 2. The maximum atomic E-state index is 13.7. The van der Waals surface area contributed by atoms with Crippen molar-refractivity contribution < 1.29 is 113 Å². The number of nitrogens with one attached hydrogen (secondary N) is 4. The van der Waals surface area contributed by atoms with Crippen molar-refractivity contribution in [2.75, 3.05) is 57.6 Å². The number of hydrogen-bond acceptors (Lipinski definition) is 26. The van der Waals surface area contributed by atoms with Gasteiger partial charge in [-0.2, -0.15) is 46.2 Å². The molecule has 0 bridgehead atoms. The predicted octanol–water partition coefficient (Wildman–Crippen LogP) is 6.55. The van der Waals surface area contributed by atoms with E-state index in [1.54, 1.807) is 16.4 Å². The van der Waals surface area contributed by atoms with Gasteiger partial charge in [0.1, 0.15) is 27.8 Å². The smallest absolute Gasteiger partial charge is 0.416 e. The van der Waals surface area contributed by atoms with E-state index in [-0.39, 0.29) is 52.6 Å². The van der Waals surface area contributed by atoms with E-state index in [2.05, 4.69) is 50.1 Å². The second kappa shape index (κ2) is 32.5. The molecule has 0 spiro atoms. The number of aromatic nitrogens is 8. The van der Waals surface area contributed by atoms with E-state index in [0.717, 1.165) is 71.8 Å². The fraction of sp³-hybridized carbons (Fsp3) is 0.230. The number of benzene rings is 5. The summed E-state index contributed by atoms with van der Waals surface area (Å²) in [6.45, 7) is 3.25. The second-order valence-electron chi connectivity index (χ2n) is 21.0. The van der Waals surface area contributed by atoms with Crippen LogP contribution in [-0.4, -0.2) is 155 Å². The molecule has 548 valence electrons. The molecular weight excluding hydrogens is 1460 g/mol. The molecule has 10 rings (SSSR count). The van der Waals surface area contributed by atoms with Crippen LogP contribution in [0.5, 0.6) is 23.7 Å². The summed E-state index contributed by atoms with van der Waals surface area (Å²) >= 11 is 0. The Morgan fingerprint density at radius 1 is 0.699 bits per heavy atom. The lowest BCUT2D eigenvalue weighted by Crippen LogP contribution is -2.35. The third-order valence-corrected chi connectivity index (χ3v) is 18.1. The van der Waals surface area contributed by atoms with Gasteiger partial charge in [-0.1, -0.05) is 78.0 Å². The Morgan fingerprint density at radius 3 is 1.81 bits per heavy atom. The average molecular weight is 1520 g/mol. The zero-order valence-corrected chi connectivity index (χ0v) is 58.2. The van der Waals surface area contributed by atoms with Crippen molar-refractivity contribution >= 4 is 86.7 Å². The number of rotatable bonds is 20. The van der Waals surface area contributed by atoms with Gasteiger partial charge in [-0.15, -0.1) is 5.10 Å². The number of aromatic hydroxyl groups is 1. The summed E-state index contributed by atoms with van der Waals surface area (Å²) in [6, 6.07) is 27.6. The van der Waals surface area contributed by atoms with Gasteiger partial charge in [0.05, 0.1) is 81.7 Å². The Labute approximate surface area is 582 Å². The maximum Gasteiger partial charge on any atom is 0.416 e. The molecule has 0 unspecified atom stereocenters. The molecule has 42 heteroatoms. The first-order valence-electron chi connectivity index (χ1n) is 28.9. The summed E-state index contributed by atoms with van der Waals surface area (Å²) in [6.07, 6.45) is -2.00. The predicted molar refractivity (Wildman–Crippen MR) is 349 cm³/mol. The molecule has 4 aromatic heterocycles. The highest BCUT2D eigenvalue weighted by molar-refractivity contribution is 7.92. The van der Waals surface area contributed by atoms with E-state index in [0.29, 0.717) is 41.6 Å². The number of urea groups is 1. The minimum atomic E-state index is -4.76. The van der Waals surface area contributed by atoms with Gasteiger partial charge in [0, 0.05) is 36.5 Å². The molecule has 0 atom stereocenters. The summed E-state index contributed by atoms with van der Waals surface area (Å²) in [5.41, 5.74) is -1.87. The summed E-state index contributed by atoms with van der Waals surface area (Å²) in [4.78, 5) is 68.1. The highest BCUT2D eigenvalue weighted by atomic mass is 32.2. The summed E-state index contributed by atoms with van der Waals surface area (Å²) < 4.78 is 207. The van der Waals surface area contributed by atoms with E-state index in [9.17, 15) is 84.3 Å². The van der Waals surface area contributed by atoms with Crippen molar-refractivity contribution in [3.63, 3.8) is 0 Å². The van der Waals surface area contributed by atoms with Crippen molar-refractivity contribution in [3.8, 4) is 23.7 Å². The number of carbonyl (C=O) groups is 4. The molecule has 1 aliphatic heterocycles. The van der Waals surface area contributed by atoms with Crippen LogP contribution in [0.2, 0.25) is 0 Å². The Kier molecular flexibility index (Phi) is 24.9. The van der Waals surface area contributed by atoms with Crippen molar-refractivity contribution in [1.29, 1.82) is 0 Å². The van der Waals surface area contributed by atoms with E-state index in [1.165, 1.54) is 47.4 Å². The third kappa shape index (κ3) is 19.4. The number of amides is 2. The lowest BCUT2D eigenvalue weighted by atomic mass is 9.82. The monoisotopic (exact) mass is 1520 g/mol. The normalized spacial score (nSPS) is 12.6. The quantitative estimate of drug-likeness (QED) is 0.0307. The van der Waals surface area contributed by atoms with Gasteiger partial charge in [0.25, 0.3) is 25.2 Å². The van der Waals surface area contributed by atoms with Gasteiger partial charge in [0.15, 0.2) is 32.6 Å². The average Bonchev–Trinajstić information content (AvgIpc) is 1.62. The Hall–Kier alpha value is -11.4. The van der Waals surface area contributed by atoms with Gasteiger partial charge in [-0.3, -0.25) is 14.8 Å². The number of carbonyl (C=O) groups excluding carboxylic acids is 4. The first-order valence-corrected chi connectivity index (χ1v) is 35.7. The number of hydrogen-bond donors (Lipinski definition) is 5. The minimum absolute atomic E-state index is 0.0408. The third-order valence-electron chi connectivity index (χ3n) is 13.8. The van der Waals surface area contributed by atoms with Crippen LogP contribution in [0, 0.1) is 24.4 Å². The standard InChI is InChI=1S/C18H17NO3.C17H21N5O9S2.C14H13F3N2O4S.C12H8F3N5O3S/c1-2-21-17(20)16-13-18(22-19-16,14-9-5-3-6-10-14)15-11-7-4-8-12-15;1-29-13-8-14(30-2)20-16(19-13)21-17(24)22-33(27,28)12-7-10(9-18-32(4,25)26)5-6-11(12)15(23)31-3;1-7-11(13(21)19(2)18-7)12(20)9-5-4-8(14(15,16)17)6-10(9)24(3,22)23;1-23-12-16-5-8(15)10-17-11(18-20(10)12)24(21,22)19-9-6(13)3-2-4-7(9)14/h3-12H,2,13H2,1H3;5-8,18H,9H2,1-4H3,(H2,19,20,21,22,24);4-6,21H,1-3H3;2-5,19H,1H3. The molecule has 9 aromatic rings. The fourth-order valence-electron chi connectivity index (χ4n) is 9.09. The van der Waals surface area contributed by atoms with Gasteiger partial charge in [0.2, 0.25) is 39.4 Å². The van der Waals surface area contributed by atoms with Crippen LogP contribution >= 0.6 is 0 Å². The van der Waals surface area contributed by atoms with Gasteiger partial charge < -0.3 is 33.6 Å². The Bertz CT molecular complexity index is 5110. The van der Waals surface area contributed by atoms with E-state index < -0.39 is 136 Å². The SMILES string of the molecule is CCOC(=O)C1=NOC(c2ccccc2)(c2ccccc2)C1.COC(=O)c1ccc(CNS(C)(=O)=O)cc1S(=O)(=O)NC(=O)Nc1nc(OC)cc(OC)n1.COc1ncc(F)c2nc(S(=O)(=O)Nc3c(F)cccc3F)nn12.Cc1nn(C)c(O)c1C(=O)c1ccc(C(F)(F)F)cc1S(C)(=O)=O. The molecule has 5 N–H and O–H groups in total. The van der Waals surface area contributed by atoms with E-state index in [1.807, 2.05) is 60.7 Å². The Morgan fingerprint density at radius 2 is 1.29 bits per heavy atom. The molecule has 0 radical (unpaired) electrons. The van der Waals surface area contributed by atoms with Crippen LogP contribution in [0.15, 0.2) is 148 Å². The number of nitrogens with zero attached hydrogens (tertiary/aromatic N) is 9. The zero-order chi connectivity index (χ0) is 76.2. The van der Waals surface area contributed by atoms with Crippen LogP contribution < -0.4 is 33.7 Å². The molecule has 5 heterocycles. The Balaban J connectivity index is 0.000000195. The van der Waals surface area contributed by atoms with Gasteiger partial charge >= 0.3 is 30.2 Å². The van der Waals surface area contributed by atoms with Crippen molar-refractivity contribution in [3.05, 3.63) is 190 Å². The number of alkyl halides is 3. The van der Waals surface area contributed by atoms with E-state index >= 15 is 0 Å². The number of sulfonamides is 3. The largest absolute Gasteiger partial charge is 0.493 e.